The van der Waals surface area contributed by atoms with Crippen molar-refractivity contribution in [1.29, 1.82) is 0 Å². The molecule has 0 aliphatic rings. The SMILES string of the molecule is CCCC(C)(NC(=O)c1cc2c(C)nn(C)c2s1)C(=O)OC. The fourth-order valence-corrected chi connectivity index (χ4v) is 3.59. The smallest absolute Gasteiger partial charge is 0.331 e. The van der Waals surface area contributed by atoms with Gasteiger partial charge < -0.3 is 10.1 Å². The molecule has 1 amide bonds. The zero-order chi connectivity index (χ0) is 16.5. The molecule has 7 heteroatoms. The highest BCUT2D eigenvalue weighted by Crippen LogP contribution is 2.28. The molecule has 1 N–H and O–H groups in total. The number of nitrogens with one attached hydrogen (secondary N) is 1. The van der Waals surface area contributed by atoms with E-state index in [0.29, 0.717) is 11.3 Å². The van der Waals surface area contributed by atoms with Crippen LogP contribution in [0.3, 0.4) is 0 Å². The van der Waals surface area contributed by atoms with E-state index >= 15 is 0 Å². The van der Waals surface area contributed by atoms with Crippen LogP contribution in [0.5, 0.6) is 0 Å². The van der Waals surface area contributed by atoms with Crippen molar-refractivity contribution in [1.82, 2.24) is 15.1 Å². The summed E-state index contributed by atoms with van der Waals surface area (Å²) in [7, 11) is 3.18. The predicted molar refractivity (Wildman–Crippen MR) is 86.1 cm³/mol. The highest BCUT2D eigenvalue weighted by molar-refractivity contribution is 7.20. The number of carbonyl (C=O) groups is 2. The van der Waals surface area contributed by atoms with Gasteiger partial charge in [0.25, 0.3) is 5.91 Å². The number of nitrogens with zero attached hydrogens (tertiary/aromatic N) is 2. The Balaban J connectivity index is 2.29. The van der Waals surface area contributed by atoms with Crippen molar-refractivity contribution in [3.63, 3.8) is 0 Å². The molecule has 22 heavy (non-hydrogen) atoms. The second-order valence-corrected chi connectivity index (χ2v) is 6.60. The van der Waals surface area contributed by atoms with Gasteiger partial charge in [-0.3, -0.25) is 9.48 Å². The minimum atomic E-state index is -1.01. The second kappa shape index (κ2) is 6.08. The Morgan fingerprint density at radius 3 is 2.73 bits per heavy atom. The van der Waals surface area contributed by atoms with Crippen LogP contribution in [0.25, 0.3) is 10.2 Å². The Morgan fingerprint density at radius 2 is 2.18 bits per heavy atom. The summed E-state index contributed by atoms with van der Waals surface area (Å²) in [5, 5.41) is 8.10. The highest BCUT2D eigenvalue weighted by atomic mass is 32.1. The number of amides is 1. The van der Waals surface area contributed by atoms with Crippen LogP contribution in [0.1, 0.15) is 42.1 Å². The van der Waals surface area contributed by atoms with Crippen LogP contribution in [-0.4, -0.2) is 34.3 Å². The van der Waals surface area contributed by atoms with Crippen LogP contribution in [0.4, 0.5) is 0 Å². The second-order valence-electron chi connectivity index (χ2n) is 5.57. The van der Waals surface area contributed by atoms with Crippen molar-refractivity contribution in [3.8, 4) is 0 Å². The number of aromatic nitrogens is 2. The van der Waals surface area contributed by atoms with Crippen LogP contribution in [0, 0.1) is 6.92 Å². The molecule has 0 aliphatic carbocycles. The zero-order valence-corrected chi connectivity index (χ0v) is 14.3. The topological polar surface area (TPSA) is 73.2 Å². The molecule has 0 saturated heterocycles. The molecule has 2 aromatic rings. The number of hydrogen-bond donors (Lipinski definition) is 1. The lowest BCUT2D eigenvalue weighted by Gasteiger charge is -2.27. The van der Waals surface area contributed by atoms with Gasteiger partial charge in [-0.25, -0.2) is 4.79 Å². The average molecular weight is 323 g/mol. The summed E-state index contributed by atoms with van der Waals surface area (Å²) in [6.45, 7) is 5.56. The lowest BCUT2D eigenvalue weighted by atomic mass is 9.96. The van der Waals surface area contributed by atoms with Gasteiger partial charge in [-0.15, -0.1) is 11.3 Å². The minimum absolute atomic E-state index is 0.262. The highest BCUT2D eigenvalue weighted by Gasteiger charge is 2.35. The number of esters is 1. The van der Waals surface area contributed by atoms with Crippen molar-refractivity contribution in [3.05, 3.63) is 16.6 Å². The van der Waals surface area contributed by atoms with Gasteiger partial charge in [0.2, 0.25) is 0 Å². The number of hydrogen-bond acceptors (Lipinski definition) is 5. The fraction of sp³-hybridized carbons (Fsp3) is 0.533. The Kier molecular flexibility index (Phi) is 4.55. The van der Waals surface area contributed by atoms with Gasteiger partial charge in [0.15, 0.2) is 0 Å². The Bertz CT molecular complexity index is 685. The molecular weight excluding hydrogens is 302 g/mol. The summed E-state index contributed by atoms with van der Waals surface area (Å²) >= 11 is 1.37. The van der Waals surface area contributed by atoms with Gasteiger partial charge in [-0.05, 0) is 26.3 Å². The Labute approximate surface area is 133 Å². The number of fused-ring (bicyclic) bond motifs is 1. The van der Waals surface area contributed by atoms with E-state index in [1.807, 2.05) is 27.0 Å². The number of methoxy groups -OCH3 is 1. The van der Waals surface area contributed by atoms with Crippen molar-refractivity contribution >= 4 is 33.4 Å². The molecule has 2 rings (SSSR count). The molecule has 0 saturated carbocycles. The van der Waals surface area contributed by atoms with Crippen LogP contribution < -0.4 is 5.32 Å². The van der Waals surface area contributed by atoms with E-state index in [2.05, 4.69) is 10.4 Å². The summed E-state index contributed by atoms with van der Waals surface area (Å²) in [6, 6.07) is 1.82. The first-order valence-corrected chi connectivity index (χ1v) is 7.98. The fourth-order valence-electron chi connectivity index (χ4n) is 2.57. The van der Waals surface area contributed by atoms with E-state index in [9.17, 15) is 9.59 Å². The molecule has 0 aromatic carbocycles. The molecule has 6 nitrogen and oxygen atoms in total. The molecule has 0 aliphatic heterocycles. The van der Waals surface area contributed by atoms with Crippen molar-refractivity contribution in [2.45, 2.75) is 39.2 Å². The van der Waals surface area contributed by atoms with E-state index in [1.54, 1.807) is 11.6 Å². The molecule has 1 unspecified atom stereocenters. The normalized spacial score (nSPS) is 13.9. The lowest BCUT2D eigenvalue weighted by Crippen LogP contribution is -2.52. The lowest BCUT2D eigenvalue weighted by molar-refractivity contribution is -0.147. The van der Waals surface area contributed by atoms with E-state index in [0.717, 1.165) is 22.3 Å². The van der Waals surface area contributed by atoms with Crippen LogP contribution >= 0.6 is 11.3 Å². The molecule has 0 radical (unpaired) electrons. The number of carbonyl (C=O) groups excluding carboxylic acids is 2. The summed E-state index contributed by atoms with van der Waals surface area (Å²) in [6.07, 6.45) is 1.29. The van der Waals surface area contributed by atoms with E-state index in [4.69, 9.17) is 4.74 Å². The van der Waals surface area contributed by atoms with E-state index in [1.165, 1.54) is 18.4 Å². The third kappa shape index (κ3) is 2.85. The number of ether oxygens (including phenoxy) is 1. The summed E-state index contributed by atoms with van der Waals surface area (Å²) in [4.78, 5) is 26.0. The first-order valence-electron chi connectivity index (χ1n) is 7.16. The number of rotatable bonds is 5. The Morgan fingerprint density at radius 1 is 1.50 bits per heavy atom. The van der Waals surface area contributed by atoms with Gasteiger partial charge >= 0.3 is 5.97 Å². The van der Waals surface area contributed by atoms with Crippen molar-refractivity contribution in [2.24, 2.45) is 7.05 Å². The molecule has 120 valence electrons. The quantitative estimate of drug-likeness (QED) is 0.858. The molecule has 0 spiro atoms. The summed E-state index contributed by atoms with van der Waals surface area (Å²) in [5.74, 6) is -0.691. The van der Waals surface area contributed by atoms with Crippen molar-refractivity contribution in [2.75, 3.05) is 7.11 Å². The summed E-state index contributed by atoms with van der Waals surface area (Å²) < 4.78 is 6.58. The standard InChI is InChI=1S/C15H21N3O3S/c1-6-7-15(3,14(20)21-5)16-12(19)11-8-10-9(2)17-18(4)13(10)22-11/h8H,6-7H2,1-5H3,(H,16,19). The molecule has 1 atom stereocenters. The van der Waals surface area contributed by atoms with E-state index < -0.39 is 11.5 Å². The van der Waals surface area contributed by atoms with Crippen LogP contribution in [-0.2, 0) is 16.6 Å². The van der Waals surface area contributed by atoms with Crippen molar-refractivity contribution < 1.29 is 14.3 Å². The number of thiophene rings is 1. The minimum Gasteiger partial charge on any atom is -0.467 e. The predicted octanol–water partition coefficient (Wildman–Crippen LogP) is 2.40. The molecular formula is C15H21N3O3S. The van der Waals surface area contributed by atoms with Gasteiger partial charge in [0, 0.05) is 12.4 Å². The monoisotopic (exact) mass is 323 g/mol. The molecule has 2 aromatic heterocycles. The third-order valence-corrected chi connectivity index (χ3v) is 4.90. The van der Waals surface area contributed by atoms with Gasteiger partial charge in [0.1, 0.15) is 10.4 Å². The van der Waals surface area contributed by atoms with Crippen LogP contribution in [0.15, 0.2) is 6.07 Å². The maximum Gasteiger partial charge on any atom is 0.331 e. The molecule has 0 bridgehead atoms. The maximum atomic E-state index is 12.5. The van der Waals surface area contributed by atoms with E-state index in [-0.39, 0.29) is 5.91 Å². The average Bonchev–Trinajstić information content (AvgIpc) is 3.01. The Hall–Kier alpha value is -1.89. The maximum absolute atomic E-state index is 12.5. The van der Waals surface area contributed by atoms with Gasteiger partial charge in [0.05, 0.1) is 17.7 Å². The first kappa shape index (κ1) is 16.5. The number of aryl methyl sites for hydroxylation is 2. The first-order chi connectivity index (χ1) is 10.3. The largest absolute Gasteiger partial charge is 0.467 e. The van der Waals surface area contributed by atoms with Crippen LogP contribution in [0.2, 0.25) is 0 Å². The van der Waals surface area contributed by atoms with Gasteiger partial charge in [-0.1, -0.05) is 13.3 Å². The van der Waals surface area contributed by atoms with Gasteiger partial charge in [-0.2, -0.15) is 5.10 Å². The third-order valence-electron chi connectivity index (χ3n) is 3.70. The zero-order valence-electron chi connectivity index (χ0n) is 13.5. The summed E-state index contributed by atoms with van der Waals surface area (Å²) in [5.41, 5.74) is -0.124. The molecule has 2 heterocycles. The molecule has 0 fully saturated rings.